The highest BCUT2D eigenvalue weighted by molar-refractivity contribution is 5.99. The highest BCUT2D eigenvalue weighted by Gasteiger charge is 2.24. The van der Waals surface area contributed by atoms with Crippen molar-refractivity contribution in [2.24, 2.45) is 0 Å². The van der Waals surface area contributed by atoms with Crippen molar-refractivity contribution < 1.29 is 23.9 Å². The Balaban J connectivity index is 1.95. The maximum Gasteiger partial charge on any atom is 0.408 e. The van der Waals surface area contributed by atoms with Gasteiger partial charge in [0, 0.05) is 18.4 Å². The lowest BCUT2D eigenvalue weighted by atomic mass is 10.0. The van der Waals surface area contributed by atoms with Crippen molar-refractivity contribution in [2.75, 3.05) is 0 Å². The fourth-order valence-corrected chi connectivity index (χ4v) is 3.35. The molecule has 2 aromatic rings. The van der Waals surface area contributed by atoms with Crippen LogP contribution >= 0.6 is 0 Å². The minimum Gasteiger partial charge on any atom is -0.444 e. The minimum absolute atomic E-state index is 0.206. The zero-order valence-corrected chi connectivity index (χ0v) is 20.4. The number of Topliss-reactive ketones (excluding diaryl/α,β-unsaturated/α-hetero) is 1. The van der Waals surface area contributed by atoms with Crippen LogP contribution in [0.1, 0.15) is 76.6 Å². The van der Waals surface area contributed by atoms with Crippen LogP contribution in [0.2, 0.25) is 0 Å². The zero-order chi connectivity index (χ0) is 25.1. The van der Waals surface area contributed by atoms with Gasteiger partial charge < -0.3 is 10.1 Å². The van der Waals surface area contributed by atoms with Gasteiger partial charge in [0.2, 0.25) is 0 Å². The Hall–Kier alpha value is -3.42. The van der Waals surface area contributed by atoms with Crippen LogP contribution in [-0.2, 0) is 14.3 Å². The lowest BCUT2D eigenvalue weighted by Gasteiger charge is -2.23. The molecule has 0 aromatic heterocycles. The van der Waals surface area contributed by atoms with E-state index in [0.717, 1.165) is 23.6 Å². The molecule has 34 heavy (non-hydrogen) atoms. The predicted octanol–water partition coefficient (Wildman–Crippen LogP) is 4.42. The van der Waals surface area contributed by atoms with E-state index in [9.17, 15) is 19.2 Å². The average Bonchev–Trinajstić information content (AvgIpc) is 2.79. The summed E-state index contributed by atoms with van der Waals surface area (Å²) in [7, 11) is 0. The highest BCUT2D eigenvalue weighted by atomic mass is 16.6. The molecule has 0 aliphatic heterocycles. The third kappa shape index (κ3) is 9.21. The number of fused-ring (bicyclic) bond motifs is 1. The summed E-state index contributed by atoms with van der Waals surface area (Å²) in [5.74, 6) is -0.810. The van der Waals surface area contributed by atoms with Gasteiger partial charge in [-0.2, -0.15) is 0 Å². The number of hydrazine groups is 1. The second-order valence-corrected chi connectivity index (χ2v) is 9.20. The molecule has 184 valence electrons. The lowest BCUT2D eigenvalue weighted by Crippen LogP contribution is -2.53. The maximum absolute atomic E-state index is 12.8. The first kappa shape index (κ1) is 26.8. The van der Waals surface area contributed by atoms with Gasteiger partial charge in [-0.25, -0.2) is 4.79 Å². The van der Waals surface area contributed by atoms with Crippen molar-refractivity contribution >= 4 is 34.5 Å². The number of ether oxygens (including phenoxy) is 1. The monoisotopic (exact) mass is 469 g/mol. The Morgan fingerprint density at radius 2 is 1.62 bits per heavy atom. The Morgan fingerprint density at radius 1 is 0.912 bits per heavy atom. The summed E-state index contributed by atoms with van der Waals surface area (Å²) >= 11 is 0. The van der Waals surface area contributed by atoms with Crippen molar-refractivity contribution in [1.29, 1.82) is 0 Å². The topological polar surface area (TPSA) is 114 Å². The third-order valence-electron chi connectivity index (χ3n) is 5.16. The molecule has 0 unspecified atom stereocenters. The Labute approximate surface area is 200 Å². The molecule has 0 radical (unpaired) electrons. The Kier molecular flexibility index (Phi) is 10.0. The van der Waals surface area contributed by atoms with Gasteiger partial charge in [-0.05, 0) is 56.5 Å². The van der Waals surface area contributed by atoms with E-state index in [1.165, 1.54) is 0 Å². The standard InChI is InChI=1S/C26H35N3O5/c1-5-21(30)13-7-6-8-14-22(27-25(33)34-26(2,3)4)24(32)29-28-23(31)20-16-15-18-11-9-10-12-19(18)17-20/h9-12,15-17,22H,5-8,13-14H2,1-4H3,(H,27,33)(H,28,31)(H,29,32)/t22-/m0/s1. The summed E-state index contributed by atoms with van der Waals surface area (Å²) in [5.41, 5.74) is 4.50. The summed E-state index contributed by atoms with van der Waals surface area (Å²) in [6.45, 7) is 7.03. The molecule has 2 aromatic carbocycles. The van der Waals surface area contributed by atoms with Crippen LogP contribution in [0.3, 0.4) is 0 Å². The number of hydrogen-bond donors (Lipinski definition) is 3. The number of nitrogens with one attached hydrogen (secondary N) is 3. The number of carbonyl (C=O) groups is 4. The van der Waals surface area contributed by atoms with Gasteiger partial charge in [-0.15, -0.1) is 0 Å². The molecule has 0 saturated heterocycles. The van der Waals surface area contributed by atoms with Gasteiger partial charge in [0.1, 0.15) is 17.4 Å². The number of carbonyl (C=O) groups excluding carboxylic acids is 4. The highest BCUT2D eigenvalue weighted by Crippen LogP contribution is 2.15. The van der Waals surface area contributed by atoms with Gasteiger partial charge in [0.05, 0.1) is 0 Å². The molecular weight excluding hydrogens is 434 g/mol. The van der Waals surface area contributed by atoms with Crippen molar-refractivity contribution in [3.05, 3.63) is 48.0 Å². The molecule has 0 bridgehead atoms. The molecule has 0 saturated carbocycles. The second kappa shape index (κ2) is 12.7. The number of amides is 3. The molecule has 8 heteroatoms. The van der Waals surface area contributed by atoms with Crippen LogP contribution in [-0.4, -0.2) is 35.3 Å². The molecule has 0 fully saturated rings. The van der Waals surface area contributed by atoms with Crippen LogP contribution in [0.25, 0.3) is 10.8 Å². The van der Waals surface area contributed by atoms with Gasteiger partial charge in [0.25, 0.3) is 11.8 Å². The van der Waals surface area contributed by atoms with Crippen LogP contribution in [0, 0.1) is 0 Å². The molecule has 8 nitrogen and oxygen atoms in total. The summed E-state index contributed by atoms with van der Waals surface area (Å²) < 4.78 is 5.27. The van der Waals surface area contributed by atoms with E-state index in [1.54, 1.807) is 32.9 Å². The van der Waals surface area contributed by atoms with E-state index in [1.807, 2.05) is 37.3 Å². The zero-order valence-electron chi connectivity index (χ0n) is 20.4. The first-order chi connectivity index (χ1) is 16.1. The molecule has 3 amide bonds. The van der Waals surface area contributed by atoms with Gasteiger partial charge >= 0.3 is 6.09 Å². The predicted molar refractivity (Wildman–Crippen MR) is 131 cm³/mol. The van der Waals surface area contributed by atoms with E-state index in [-0.39, 0.29) is 5.78 Å². The molecule has 0 aliphatic carbocycles. The molecule has 2 rings (SSSR count). The minimum atomic E-state index is -0.895. The second-order valence-electron chi connectivity index (χ2n) is 9.20. The number of unbranched alkanes of at least 4 members (excludes halogenated alkanes) is 2. The number of benzene rings is 2. The van der Waals surface area contributed by atoms with Gasteiger partial charge in [-0.3, -0.25) is 25.2 Å². The first-order valence-electron chi connectivity index (χ1n) is 11.7. The van der Waals surface area contributed by atoms with Crippen LogP contribution < -0.4 is 16.2 Å². The molecule has 1 atom stereocenters. The van der Waals surface area contributed by atoms with Gasteiger partial charge in [0.15, 0.2) is 0 Å². The third-order valence-corrected chi connectivity index (χ3v) is 5.16. The van der Waals surface area contributed by atoms with E-state index in [2.05, 4.69) is 16.2 Å². The molecule has 0 aliphatic rings. The van der Waals surface area contributed by atoms with Crippen molar-refractivity contribution in [3.8, 4) is 0 Å². The van der Waals surface area contributed by atoms with E-state index in [4.69, 9.17) is 4.74 Å². The average molecular weight is 470 g/mol. The van der Waals surface area contributed by atoms with Crippen LogP contribution in [0.5, 0.6) is 0 Å². The first-order valence-corrected chi connectivity index (χ1v) is 11.7. The summed E-state index contributed by atoms with van der Waals surface area (Å²) in [4.78, 5) is 49.0. The number of ketones is 1. The normalized spacial score (nSPS) is 12.0. The SMILES string of the molecule is CCC(=O)CCCCC[C@H](NC(=O)OC(C)(C)C)C(=O)NNC(=O)c1ccc2ccccc2c1. The van der Waals surface area contributed by atoms with Crippen molar-refractivity contribution in [1.82, 2.24) is 16.2 Å². The fraction of sp³-hybridized carbons (Fsp3) is 0.462. The van der Waals surface area contributed by atoms with Crippen molar-refractivity contribution in [2.45, 2.75) is 77.9 Å². The van der Waals surface area contributed by atoms with E-state index >= 15 is 0 Å². The van der Waals surface area contributed by atoms with Crippen LogP contribution in [0.4, 0.5) is 4.79 Å². The molecule has 0 spiro atoms. The molecule has 3 N–H and O–H groups in total. The van der Waals surface area contributed by atoms with Crippen molar-refractivity contribution in [3.63, 3.8) is 0 Å². The van der Waals surface area contributed by atoms with E-state index in [0.29, 0.717) is 31.2 Å². The largest absolute Gasteiger partial charge is 0.444 e. The molecular formula is C26H35N3O5. The smallest absolute Gasteiger partial charge is 0.408 e. The Morgan fingerprint density at radius 3 is 2.29 bits per heavy atom. The summed E-state index contributed by atoms with van der Waals surface area (Å²) in [6.07, 6.45) is 2.76. The summed E-state index contributed by atoms with van der Waals surface area (Å²) in [6, 6.07) is 12.0. The Bertz CT molecular complexity index is 1010. The van der Waals surface area contributed by atoms with E-state index < -0.39 is 29.6 Å². The van der Waals surface area contributed by atoms with Gasteiger partial charge in [-0.1, -0.05) is 50.1 Å². The molecule has 0 heterocycles. The fourth-order valence-electron chi connectivity index (χ4n) is 3.35. The summed E-state index contributed by atoms with van der Waals surface area (Å²) in [5, 5.41) is 4.50. The number of hydrogen-bond acceptors (Lipinski definition) is 5. The quantitative estimate of drug-likeness (QED) is 0.352. The van der Waals surface area contributed by atoms with Crippen LogP contribution in [0.15, 0.2) is 42.5 Å². The number of rotatable bonds is 10. The maximum atomic E-state index is 12.8. The number of alkyl carbamates (subject to hydrolysis) is 1. The lowest BCUT2D eigenvalue weighted by molar-refractivity contribution is -0.124.